The molecule has 0 atom stereocenters. The van der Waals surface area contributed by atoms with Gasteiger partial charge in [0.25, 0.3) is 5.91 Å². The number of nitrogens with two attached hydrogens (primary N) is 1. The molecule has 0 unspecified atom stereocenters. The number of amides is 1. The van der Waals surface area contributed by atoms with Crippen molar-refractivity contribution < 1.29 is 9.53 Å². The number of hydrogen-bond donors (Lipinski definition) is 2. The zero-order valence-corrected chi connectivity index (χ0v) is 20.6. The van der Waals surface area contributed by atoms with E-state index in [2.05, 4.69) is 22.2 Å². The fourth-order valence-corrected chi connectivity index (χ4v) is 4.58. The van der Waals surface area contributed by atoms with Gasteiger partial charge in [-0.2, -0.15) is 0 Å². The van der Waals surface area contributed by atoms with Crippen molar-refractivity contribution in [1.82, 2.24) is 15.2 Å². The van der Waals surface area contributed by atoms with Crippen LogP contribution >= 0.6 is 23.2 Å². The largest absolute Gasteiger partial charge is 0.489 e. The van der Waals surface area contributed by atoms with Gasteiger partial charge in [0, 0.05) is 39.8 Å². The SMILES string of the molecule is CN1CCC(NC(=O)c2ccc(-c3cnc(N)c(OCCc4c(Cl)cccc4Cl)c3)cc2)CC1. The molecule has 0 aliphatic carbocycles. The highest BCUT2D eigenvalue weighted by atomic mass is 35.5. The van der Waals surface area contributed by atoms with E-state index in [9.17, 15) is 4.79 Å². The Morgan fingerprint density at radius 3 is 2.47 bits per heavy atom. The van der Waals surface area contributed by atoms with Gasteiger partial charge in [0.1, 0.15) is 0 Å². The summed E-state index contributed by atoms with van der Waals surface area (Å²) < 4.78 is 5.89. The third kappa shape index (κ3) is 6.00. The molecule has 1 aliphatic rings. The topological polar surface area (TPSA) is 80.5 Å². The summed E-state index contributed by atoms with van der Waals surface area (Å²) in [6, 6.07) is 15.0. The lowest BCUT2D eigenvalue weighted by Crippen LogP contribution is -2.43. The second kappa shape index (κ2) is 11.1. The van der Waals surface area contributed by atoms with Gasteiger partial charge in [-0.15, -0.1) is 0 Å². The van der Waals surface area contributed by atoms with Crippen molar-refractivity contribution in [1.29, 1.82) is 0 Å². The summed E-state index contributed by atoms with van der Waals surface area (Å²) in [4.78, 5) is 19.2. The number of hydrogen-bond acceptors (Lipinski definition) is 5. The Kier molecular flexibility index (Phi) is 7.93. The fraction of sp³-hybridized carbons (Fsp3) is 0.308. The zero-order chi connectivity index (χ0) is 24.1. The smallest absolute Gasteiger partial charge is 0.251 e. The molecule has 2 aromatic carbocycles. The van der Waals surface area contributed by atoms with Gasteiger partial charge in [-0.3, -0.25) is 4.79 Å². The lowest BCUT2D eigenvalue weighted by atomic mass is 10.0. The number of pyridine rings is 1. The number of carbonyl (C=O) groups excluding carboxylic acids is 1. The van der Waals surface area contributed by atoms with E-state index in [-0.39, 0.29) is 11.9 Å². The molecular formula is C26H28Cl2N4O2. The Hall–Kier alpha value is -2.80. The number of rotatable bonds is 7. The van der Waals surface area contributed by atoms with Crippen molar-refractivity contribution in [2.24, 2.45) is 0 Å². The average Bonchev–Trinajstić information content (AvgIpc) is 2.83. The van der Waals surface area contributed by atoms with Gasteiger partial charge in [-0.1, -0.05) is 41.4 Å². The predicted octanol–water partition coefficient (Wildman–Crippen LogP) is 5.08. The second-order valence-corrected chi connectivity index (χ2v) is 9.35. The van der Waals surface area contributed by atoms with Gasteiger partial charge < -0.3 is 20.7 Å². The van der Waals surface area contributed by atoms with E-state index >= 15 is 0 Å². The molecule has 4 rings (SSSR count). The van der Waals surface area contributed by atoms with Gasteiger partial charge in [0.2, 0.25) is 0 Å². The number of halogens is 2. The number of likely N-dealkylation sites (tertiary alicyclic amines) is 1. The van der Waals surface area contributed by atoms with Crippen LogP contribution < -0.4 is 15.8 Å². The lowest BCUT2D eigenvalue weighted by molar-refractivity contribution is 0.0917. The molecule has 0 spiro atoms. The second-order valence-electron chi connectivity index (χ2n) is 8.53. The Balaban J connectivity index is 1.39. The molecule has 0 saturated carbocycles. The van der Waals surface area contributed by atoms with Crippen molar-refractivity contribution in [3.05, 3.63) is 75.9 Å². The Morgan fingerprint density at radius 1 is 1.12 bits per heavy atom. The molecule has 6 nitrogen and oxygen atoms in total. The van der Waals surface area contributed by atoms with E-state index in [0.29, 0.717) is 40.2 Å². The van der Waals surface area contributed by atoms with Crippen LogP contribution in [0.15, 0.2) is 54.7 Å². The van der Waals surface area contributed by atoms with Crippen LogP contribution in [0.3, 0.4) is 0 Å². The molecule has 1 amide bonds. The first-order chi connectivity index (χ1) is 16.4. The summed E-state index contributed by atoms with van der Waals surface area (Å²) in [6.45, 7) is 2.36. The highest BCUT2D eigenvalue weighted by molar-refractivity contribution is 6.36. The first kappa shape index (κ1) is 24.3. The monoisotopic (exact) mass is 498 g/mol. The minimum absolute atomic E-state index is 0.0428. The van der Waals surface area contributed by atoms with Gasteiger partial charge in [-0.25, -0.2) is 4.98 Å². The molecular weight excluding hydrogens is 471 g/mol. The molecule has 8 heteroatoms. The molecule has 2 heterocycles. The normalized spacial score (nSPS) is 14.7. The predicted molar refractivity (Wildman–Crippen MR) is 138 cm³/mol. The minimum Gasteiger partial charge on any atom is -0.489 e. The number of nitrogens with zero attached hydrogens (tertiary/aromatic N) is 2. The Bertz CT molecular complexity index is 1130. The molecule has 0 bridgehead atoms. The molecule has 178 valence electrons. The lowest BCUT2D eigenvalue weighted by Gasteiger charge is -2.29. The number of nitrogen functional groups attached to an aromatic ring is 1. The third-order valence-corrected chi connectivity index (χ3v) is 6.80. The summed E-state index contributed by atoms with van der Waals surface area (Å²) in [7, 11) is 2.10. The van der Waals surface area contributed by atoms with Crippen molar-refractivity contribution >= 4 is 34.9 Å². The molecule has 34 heavy (non-hydrogen) atoms. The van der Waals surface area contributed by atoms with E-state index in [4.69, 9.17) is 33.7 Å². The molecule has 1 saturated heterocycles. The van der Waals surface area contributed by atoms with Crippen LogP contribution in [0.25, 0.3) is 11.1 Å². The number of ether oxygens (including phenoxy) is 1. The van der Waals surface area contributed by atoms with Crippen molar-refractivity contribution in [2.75, 3.05) is 32.5 Å². The standard InChI is InChI=1S/C26H28Cl2N4O2/c1-32-12-9-20(10-13-32)31-26(33)18-7-5-17(6-8-18)19-15-24(25(29)30-16-19)34-14-11-21-22(27)3-2-4-23(21)28/h2-8,15-16,20H,9-14H2,1H3,(H2,29,30)(H,31,33). The molecule has 3 aromatic rings. The Morgan fingerprint density at radius 2 is 1.79 bits per heavy atom. The minimum atomic E-state index is -0.0428. The molecule has 3 N–H and O–H groups in total. The zero-order valence-electron chi connectivity index (χ0n) is 19.1. The van der Waals surface area contributed by atoms with Gasteiger partial charge in [0.15, 0.2) is 11.6 Å². The van der Waals surface area contributed by atoms with Gasteiger partial charge in [0.05, 0.1) is 6.61 Å². The third-order valence-electron chi connectivity index (χ3n) is 6.09. The van der Waals surface area contributed by atoms with Crippen molar-refractivity contribution in [2.45, 2.75) is 25.3 Å². The summed E-state index contributed by atoms with van der Waals surface area (Å²) in [5, 5.41) is 4.36. The average molecular weight is 499 g/mol. The molecule has 1 aliphatic heterocycles. The summed E-state index contributed by atoms with van der Waals surface area (Å²) >= 11 is 12.5. The van der Waals surface area contributed by atoms with E-state index in [1.165, 1.54) is 0 Å². The number of carbonyl (C=O) groups is 1. The summed E-state index contributed by atoms with van der Waals surface area (Å²) in [5.41, 5.74) is 9.27. The van der Waals surface area contributed by atoms with Crippen molar-refractivity contribution in [3.63, 3.8) is 0 Å². The summed E-state index contributed by atoms with van der Waals surface area (Å²) in [5.74, 6) is 0.756. The van der Waals surface area contributed by atoms with Crippen LogP contribution in [0.2, 0.25) is 10.0 Å². The quantitative estimate of drug-likeness (QED) is 0.474. The van der Waals surface area contributed by atoms with Crippen LogP contribution in [0, 0.1) is 0 Å². The van der Waals surface area contributed by atoms with Crippen LogP contribution in [0.5, 0.6) is 5.75 Å². The van der Waals surface area contributed by atoms with Gasteiger partial charge >= 0.3 is 0 Å². The van der Waals surface area contributed by atoms with E-state index in [1.54, 1.807) is 18.3 Å². The number of nitrogens with one attached hydrogen (secondary N) is 1. The first-order valence-electron chi connectivity index (χ1n) is 11.3. The molecule has 0 radical (unpaired) electrons. The maximum atomic E-state index is 12.6. The highest BCUT2D eigenvalue weighted by Gasteiger charge is 2.19. The molecule has 1 fully saturated rings. The maximum absolute atomic E-state index is 12.6. The highest BCUT2D eigenvalue weighted by Crippen LogP contribution is 2.29. The number of anilines is 1. The number of piperidine rings is 1. The van der Waals surface area contributed by atoms with E-state index in [0.717, 1.165) is 42.6 Å². The van der Waals surface area contributed by atoms with E-state index in [1.807, 2.05) is 36.4 Å². The number of aromatic nitrogens is 1. The first-order valence-corrected chi connectivity index (χ1v) is 12.1. The van der Waals surface area contributed by atoms with Crippen molar-refractivity contribution in [3.8, 4) is 16.9 Å². The molecule has 1 aromatic heterocycles. The van der Waals surface area contributed by atoms with Gasteiger partial charge in [-0.05, 0) is 74.4 Å². The van der Waals surface area contributed by atoms with Crippen LogP contribution in [0.4, 0.5) is 5.82 Å². The maximum Gasteiger partial charge on any atom is 0.251 e. The fourth-order valence-electron chi connectivity index (χ4n) is 4.00. The Labute approximate surface area is 210 Å². The number of benzene rings is 2. The van der Waals surface area contributed by atoms with Crippen LogP contribution in [-0.2, 0) is 6.42 Å². The summed E-state index contributed by atoms with van der Waals surface area (Å²) in [6.07, 6.45) is 4.19. The van der Waals surface area contributed by atoms with E-state index < -0.39 is 0 Å². The van der Waals surface area contributed by atoms with Crippen LogP contribution in [-0.4, -0.2) is 48.6 Å². The van der Waals surface area contributed by atoms with Crippen LogP contribution in [0.1, 0.15) is 28.8 Å².